The van der Waals surface area contributed by atoms with E-state index in [-0.39, 0.29) is 23.2 Å². The topological polar surface area (TPSA) is 77.2 Å². The van der Waals surface area contributed by atoms with Crippen molar-refractivity contribution in [2.24, 2.45) is 5.92 Å². The first kappa shape index (κ1) is 24.2. The normalized spacial score (nSPS) is 21.4. The fraction of sp³-hybridized carbons (Fsp3) is 0.385. The molecule has 7 nitrogen and oxygen atoms in total. The Morgan fingerprint density at radius 1 is 1.06 bits per heavy atom. The molecule has 188 valence electrons. The number of carbonyl (C=O) groups excluding carboxylic acids is 1. The van der Waals surface area contributed by atoms with Crippen LogP contribution in [0.25, 0.3) is 0 Å². The Bertz CT molecular complexity index is 1410. The average molecular weight is 499 g/mol. The Morgan fingerprint density at radius 2 is 1.75 bits per heavy atom. The quantitative estimate of drug-likeness (QED) is 0.522. The number of carbonyl (C=O) groups is 1. The lowest BCUT2D eigenvalue weighted by molar-refractivity contribution is -0.137. The molecule has 0 radical (unpaired) electrons. The third-order valence-electron chi connectivity index (χ3n) is 7.27. The lowest BCUT2D eigenvalue weighted by atomic mass is 9.94. The van der Waals surface area contributed by atoms with Crippen LogP contribution in [0, 0.1) is 12.8 Å². The maximum atomic E-state index is 12.9. The van der Waals surface area contributed by atoms with Crippen molar-refractivity contribution in [3.8, 4) is 0 Å². The van der Waals surface area contributed by atoms with Crippen LogP contribution in [0.1, 0.15) is 40.0 Å². The number of hydrogen-bond acceptors (Lipinski definition) is 5. The molecule has 1 saturated heterocycles. The predicted molar refractivity (Wildman–Crippen MR) is 126 cm³/mol. The van der Waals surface area contributed by atoms with Gasteiger partial charge in [-0.1, -0.05) is 30.3 Å². The molecule has 0 amide bonds. The monoisotopic (exact) mass is 498 g/mol. The van der Waals surface area contributed by atoms with Gasteiger partial charge in [-0.15, -0.1) is 0 Å². The first-order valence-electron chi connectivity index (χ1n) is 11.8. The summed E-state index contributed by atoms with van der Waals surface area (Å²) in [6.07, 6.45) is -2.82. The van der Waals surface area contributed by atoms with Gasteiger partial charge in [-0.05, 0) is 62.1 Å². The molecule has 2 heterocycles. The van der Waals surface area contributed by atoms with E-state index in [1.807, 2.05) is 0 Å². The molecule has 1 aliphatic carbocycles. The second kappa shape index (κ2) is 8.85. The largest absolute Gasteiger partial charge is 0.416 e. The van der Waals surface area contributed by atoms with E-state index in [0.29, 0.717) is 23.5 Å². The van der Waals surface area contributed by atoms with E-state index in [0.717, 1.165) is 41.9 Å². The number of likely N-dealkylation sites (tertiary alicyclic amines) is 1. The van der Waals surface area contributed by atoms with Crippen LogP contribution in [-0.2, 0) is 18.1 Å². The molecule has 3 aromatic rings. The zero-order valence-corrected chi connectivity index (χ0v) is 19.7. The molecule has 0 bridgehead atoms. The summed E-state index contributed by atoms with van der Waals surface area (Å²) in [7, 11) is 0. The molecular weight excluding hydrogens is 473 g/mol. The summed E-state index contributed by atoms with van der Waals surface area (Å²) < 4.78 is 40.5. The van der Waals surface area contributed by atoms with Gasteiger partial charge in [0, 0.05) is 30.6 Å². The molecule has 10 heteroatoms. The molecule has 0 spiro atoms. The Kier molecular flexibility index (Phi) is 5.94. The number of aromatic nitrogens is 3. The third kappa shape index (κ3) is 4.30. The van der Waals surface area contributed by atoms with E-state index in [9.17, 15) is 27.6 Å². The first-order chi connectivity index (χ1) is 17.1. The van der Waals surface area contributed by atoms with Crippen molar-refractivity contribution in [3.63, 3.8) is 0 Å². The van der Waals surface area contributed by atoms with Crippen LogP contribution in [0.2, 0.25) is 0 Å². The highest BCUT2D eigenvalue weighted by Gasteiger charge is 2.60. The van der Waals surface area contributed by atoms with Crippen LogP contribution in [0.5, 0.6) is 0 Å². The highest BCUT2D eigenvalue weighted by molar-refractivity contribution is 5.95. The van der Waals surface area contributed by atoms with Crippen LogP contribution < -0.4 is 11.2 Å². The molecule has 2 fully saturated rings. The number of nitrogens with zero attached hydrogens (tertiary/aromatic N) is 4. The molecular formula is C26H25F3N4O3. The van der Waals surface area contributed by atoms with Crippen LogP contribution in [-0.4, -0.2) is 44.8 Å². The molecule has 0 unspecified atom stereocenters. The lowest BCUT2D eigenvalue weighted by Gasteiger charge is -2.21. The Morgan fingerprint density at radius 3 is 2.42 bits per heavy atom. The fourth-order valence-corrected chi connectivity index (χ4v) is 5.30. The van der Waals surface area contributed by atoms with Crippen molar-refractivity contribution in [2.45, 2.75) is 37.9 Å². The van der Waals surface area contributed by atoms with Crippen LogP contribution in [0.3, 0.4) is 0 Å². The summed E-state index contributed by atoms with van der Waals surface area (Å²) >= 11 is 0. The van der Waals surface area contributed by atoms with Crippen molar-refractivity contribution in [3.05, 3.63) is 97.8 Å². The fourth-order valence-electron chi connectivity index (χ4n) is 5.30. The number of hydrogen-bond donors (Lipinski definition) is 0. The van der Waals surface area contributed by atoms with Crippen molar-refractivity contribution in [1.82, 2.24) is 19.2 Å². The summed E-state index contributed by atoms with van der Waals surface area (Å²) in [5.74, 6) is -0.286. The molecule has 1 saturated carbocycles. The van der Waals surface area contributed by atoms with Crippen LogP contribution in [0.4, 0.5) is 13.2 Å². The second-order valence-electron chi connectivity index (χ2n) is 9.62. The van der Waals surface area contributed by atoms with E-state index in [1.165, 1.54) is 6.92 Å². The lowest BCUT2D eigenvalue weighted by Crippen LogP contribution is -2.46. The molecule has 1 aromatic heterocycles. The summed E-state index contributed by atoms with van der Waals surface area (Å²) in [4.78, 5) is 40.5. The zero-order valence-electron chi connectivity index (χ0n) is 19.7. The van der Waals surface area contributed by atoms with E-state index in [2.05, 4.69) is 10.00 Å². The van der Waals surface area contributed by atoms with E-state index < -0.39 is 28.9 Å². The molecule has 5 rings (SSSR count). The van der Waals surface area contributed by atoms with Gasteiger partial charge in [-0.2, -0.15) is 22.8 Å². The standard InChI is InChI=1S/C26H25F3N4O3/c1-17-22(34)33(23(35)18-6-3-2-4-7-18)24(36)32(30-17)13-5-12-31-15-21-14-25(21,16-31)19-8-10-20(11-9-19)26(27,28)29/h2-4,6-11,21H,5,12-16H2,1H3/t21-,25+/m0/s1. The number of halogens is 3. The number of alkyl halides is 3. The van der Waals surface area contributed by atoms with Gasteiger partial charge >= 0.3 is 11.9 Å². The van der Waals surface area contributed by atoms with Gasteiger partial charge in [0.2, 0.25) is 0 Å². The SMILES string of the molecule is Cc1nn(CCCN2C[C@@H]3C[C@]3(c3ccc(C(F)(F)F)cc3)C2)c(=O)n(C(=O)c2ccccc2)c1=O. The van der Waals surface area contributed by atoms with Gasteiger partial charge in [0.25, 0.3) is 11.5 Å². The molecule has 2 atom stereocenters. The number of rotatable bonds is 6. The zero-order chi connectivity index (χ0) is 25.7. The molecule has 0 N–H and O–H groups in total. The highest BCUT2D eigenvalue weighted by atomic mass is 19.4. The molecule has 2 aromatic carbocycles. The minimum atomic E-state index is -4.35. The van der Waals surface area contributed by atoms with Gasteiger partial charge < -0.3 is 4.90 Å². The van der Waals surface area contributed by atoms with Gasteiger partial charge in [-0.3, -0.25) is 9.59 Å². The van der Waals surface area contributed by atoms with Gasteiger partial charge in [0.15, 0.2) is 0 Å². The molecule has 2 aliphatic rings. The molecule has 1 aliphatic heterocycles. The Hall–Kier alpha value is -3.53. The maximum absolute atomic E-state index is 12.9. The smallest absolute Gasteiger partial charge is 0.302 e. The summed E-state index contributed by atoms with van der Waals surface area (Å²) in [6.45, 7) is 3.95. The Balaban J connectivity index is 1.25. The van der Waals surface area contributed by atoms with E-state index in [1.54, 1.807) is 42.5 Å². The minimum Gasteiger partial charge on any atom is -0.302 e. The van der Waals surface area contributed by atoms with Crippen molar-refractivity contribution >= 4 is 5.91 Å². The summed E-state index contributed by atoms with van der Waals surface area (Å²) in [5.41, 5.74) is -1.03. The predicted octanol–water partition coefficient (Wildman–Crippen LogP) is 3.08. The summed E-state index contributed by atoms with van der Waals surface area (Å²) in [5, 5.41) is 4.09. The van der Waals surface area contributed by atoms with E-state index >= 15 is 0 Å². The number of aryl methyl sites for hydroxylation is 2. The van der Waals surface area contributed by atoms with Gasteiger partial charge in [-0.25, -0.2) is 9.48 Å². The average Bonchev–Trinajstić information content (AvgIpc) is 3.43. The highest BCUT2D eigenvalue weighted by Crippen LogP contribution is 2.59. The van der Waals surface area contributed by atoms with Gasteiger partial charge in [0.1, 0.15) is 5.69 Å². The van der Waals surface area contributed by atoms with Crippen molar-refractivity contribution in [1.29, 1.82) is 0 Å². The van der Waals surface area contributed by atoms with E-state index in [4.69, 9.17) is 0 Å². The van der Waals surface area contributed by atoms with Gasteiger partial charge in [0.05, 0.1) is 5.56 Å². The number of fused-ring (bicyclic) bond motifs is 1. The number of piperidine rings is 1. The second-order valence-corrected chi connectivity index (χ2v) is 9.62. The summed E-state index contributed by atoms with van der Waals surface area (Å²) in [6, 6.07) is 13.6. The Labute approximate surface area is 204 Å². The first-order valence-corrected chi connectivity index (χ1v) is 11.8. The van der Waals surface area contributed by atoms with Crippen molar-refractivity contribution in [2.75, 3.05) is 19.6 Å². The molecule has 36 heavy (non-hydrogen) atoms. The van der Waals surface area contributed by atoms with Crippen molar-refractivity contribution < 1.29 is 18.0 Å². The van der Waals surface area contributed by atoms with Crippen LogP contribution in [0.15, 0.2) is 64.2 Å². The minimum absolute atomic E-state index is 0.0579. The third-order valence-corrected chi connectivity index (χ3v) is 7.27. The van der Waals surface area contributed by atoms with Crippen LogP contribution >= 0.6 is 0 Å². The number of benzene rings is 2. The maximum Gasteiger partial charge on any atom is 0.416 e.